The van der Waals surface area contributed by atoms with Crippen LogP contribution < -0.4 is 9.64 Å². The zero-order valence-corrected chi connectivity index (χ0v) is 18.2. The predicted octanol–water partition coefficient (Wildman–Crippen LogP) is 3.06. The summed E-state index contributed by atoms with van der Waals surface area (Å²) in [5.41, 5.74) is 2.00. The average molecular weight is 436 g/mol. The Morgan fingerprint density at radius 2 is 1.94 bits per heavy atom. The summed E-state index contributed by atoms with van der Waals surface area (Å²) in [5.74, 6) is 3.13. The van der Waals surface area contributed by atoms with Crippen molar-refractivity contribution in [3.05, 3.63) is 59.6 Å². The summed E-state index contributed by atoms with van der Waals surface area (Å²) in [6.45, 7) is 4.10. The lowest BCUT2D eigenvalue weighted by atomic mass is 9.95. The molecule has 0 atom stereocenters. The monoisotopic (exact) mass is 436 g/mol. The molecular formula is C23H25FN6O2. The van der Waals surface area contributed by atoms with Crippen molar-refractivity contribution in [3.8, 4) is 11.4 Å². The fourth-order valence-electron chi connectivity index (χ4n) is 4.57. The number of nitrogens with zero attached hydrogens (tertiary/aromatic N) is 6. The van der Waals surface area contributed by atoms with Crippen LogP contribution in [0.2, 0.25) is 0 Å². The molecule has 1 amide bonds. The number of amides is 1. The summed E-state index contributed by atoms with van der Waals surface area (Å²) in [6.07, 6.45) is 3.03. The Balaban J connectivity index is 1.45. The van der Waals surface area contributed by atoms with Gasteiger partial charge in [0.05, 0.1) is 25.5 Å². The number of hydrogen-bond acceptors (Lipinski definition) is 6. The number of hydrogen-bond donors (Lipinski definition) is 0. The first kappa shape index (κ1) is 20.4. The van der Waals surface area contributed by atoms with Gasteiger partial charge in [0.2, 0.25) is 5.91 Å². The maximum Gasteiger partial charge on any atom is 0.220 e. The lowest BCUT2D eigenvalue weighted by molar-refractivity contribution is -0.130. The van der Waals surface area contributed by atoms with Gasteiger partial charge in [-0.1, -0.05) is 0 Å². The zero-order valence-electron chi connectivity index (χ0n) is 18.2. The minimum atomic E-state index is -0.329. The quantitative estimate of drug-likeness (QED) is 0.628. The lowest BCUT2D eigenvalue weighted by Gasteiger charge is -2.32. The largest absolute Gasteiger partial charge is 0.497 e. The Labute approximate surface area is 185 Å². The van der Waals surface area contributed by atoms with Crippen molar-refractivity contribution >= 4 is 11.7 Å². The van der Waals surface area contributed by atoms with Crippen molar-refractivity contribution < 1.29 is 13.9 Å². The fraction of sp³-hybridized carbons (Fsp3) is 0.391. The van der Waals surface area contributed by atoms with E-state index in [4.69, 9.17) is 4.74 Å². The van der Waals surface area contributed by atoms with Gasteiger partial charge in [0.15, 0.2) is 5.82 Å². The minimum Gasteiger partial charge on any atom is -0.497 e. The third-order valence-electron chi connectivity index (χ3n) is 6.32. The second-order valence-corrected chi connectivity index (χ2v) is 8.28. The molecule has 3 aromatic rings. The maximum absolute atomic E-state index is 13.2. The first-order chi connectivity index (χ1) is 15.5. The highest BCUT2D eigenvalue weighted by atomic mass is 19.1. The van der Waals surface area contributed by atoms with E-state index in [-0.39, 0.29) is 17.6 Å². The number of ether oxygens (including phenoxy) is 1. The van der Waals surface area contributed by atoms with Crippen LogP contribution in [-0.4, -0.2) is 50.8 Å². The van der Waals surface area contributed by atoms with E-state index in [9.17, 15) is 9.18 Å². The van der Waals surface area contributed by atoms with E-state index in [1.54, 1.807) is 25.0 Å². The molecule has 1 saturated heterocycles. The molecule has 2 aliphatic heterocycles. The summed E-state index contributed by atoms with van der Waals surface area (Å²) >= 11 is 0. The Kier molecular flexibility index (Phi) is 5.24. The standard InChI is InChI=1S/C23H25FN6O2/c1-15(31)29-13-17-11-19(32-2)4-5-20(17)30-22(14-29)26-27-23(30)16-7-9-28(10-8-16)21-6-3-18(24)12-25-21/h3-6,11-12,16H,7-10,13-14H2,1-2H3. The molecule has 0 bridgehead atoms. The van der Waals surface area contributed by atoms with Gasteiger partial charge in [0, 0.05) is 32.5 Å². The van der Waals surface area contributed by atoms with Crippen LogP contribution in [0.4, 0.5) is 10.2 Å². The molecule has 0 unspecified atom stereocenters. The number of aromatic nitrogens is 4. The van der Waals surface area contributed by atoms with Crippen molar-refractivity contribution in [2.45, 2.75) is 38.8 Å². The number of piperidine rings is 1. The number of methoxy groups -OCH3 is 1. The third kappa shape index (κ3) is 3.68. The highest BCUT2D eigenvalue weighted by Gasteiger charge is 2.31. The first-order valence-electron chi connectivity index (χ1n) is 10.8. The van der Waals surface area contributed by atoms with Gasteiger partial charge in [-0.15, -0.1) is 10.2 Å². The van der Waals surface area contributed by atoms with Gasteiger partial charge >= 0.3 is 0 Å². The molecule has 0 spiro atoms. The number of carbonyl (C=O) groups is 1. The number of rotatable bonds is 3. The van der Waals surface area contributed by atoms with Crippen molar-refractivity contribution in [1.82, 2.24) is 24.6 Å². The molecule has 0 N–H and O–H groups in total. The molecule has 0 radical (unpaired) electrons. The molecule has 8 nitrogen and oxygen atoms in total. The number of anilines is 1. The van der Waals surface area contributed by atoms with Crippen LogP contribution in [0, 0.1) is 5.82 Å². The highest BCUT2D eigenvalue weighted by Crippen LogP contribution is 2.34. The number of halogens is 1. The molecule has 0 saturated carbocycles. The Morgan fingerprint density at radius 1 is 1.12 bits per heavy atom. The van der Waals surface area contributed by atoms with E-state index >= 15 is 0 Å². The number of carbonyl (C=O) groups excluding carboxylic acids is 1. The molecule has 1 fully saturated rings. The van der Waals surface area contributed by atoms with Crippen LogP contribution in [0.15, 0.2) is 36.5 Å². The molecule has 4 heterocycles. The third-order valence-corrected chi connectivity index (χ3v) is 6.32. The second-order valence-electron chi connectivity index (χ2n) is 8.28. The lowest BCUT2D eigenvalue weighted by Crippen LogP contribution is -2.34. The minimum absolute atomic E-state index is 0.00289. The summed E-state index contributed by atoms with van der Waals surface area (Å²) < 4.78 is 20.7. The van der Waals surface area contributed by atoms with Crippen LogP contribution in [-0.2, 0) is 17.9 Å². The second kappa shape index (κ2) is 8.22. The van der Waals surface area contributed by atoms with Crippen LogP contribution in [0.1, 0.15) is 42.9 Å². The molecule has 5 rings (SSSR count). The Morgan fingerprint density at radius 3 is 2.62 bits per heavy atom. The molecule has 2 aromatic heterocycles. The normalized spacial score (nSPS) is 16.3. The van der Waals surface area contributed by atoms with Gasteiger partial charge in [-0.25, -0.2) is 9.37 Å². The van der Waals surface area contributed by atoms with Gasteiger partial charge in [0.1, 0.15) is 23.2 Å². The summed E-state index contributed by atoms with van der Waals surface area (Å²) in [5, 5.41) is 9.04. The van der Waals surface area contributed by atoms with Crippen molar-refractivity contribution in [2.24, 2.45) is 0 Å². The summed E-state index contributed by atoms with van der Waals surface area (Å²) in [6, 6.07) is 9.09. The van der Waals surface area contributed by atoms with E-state index < -0.39 is 0 Å². The molecule has 0 aliphatic carbocycles. The Hall–Kier alpha value is -3.49. The van der Waals surface area contributed by atoms with E-state index in [1.807, 2.05) is 18.2 Å². The number of benzene rings is 1. The predicted molar refractivity (Wildman–Crippen MR) is 116 cm³/mol. The van der Waals surface area contributed by atoms with Crippen molar-refractivity contribution in [2.75, 3.05) is 25.1 Å². The first-order valence-corrected chi connectivity index (χ1v) is 10.8. The molecule has 166 valence electrons. The zero-order chi connectivity index (χ0) is 22.2. The van der Waals surface area contributed by atoms with Crippen LogP contribution in [0.5, 0.6) is 5.75 Å². The van der Waals surface area contributed by atoms with E-state index in [1.165, 1.54) is 12.3 Å². The summed E-state index contributed by atoms with van der Waals surface area (Å²) in [7, 11) is 1.64. The number of fused-ring (bicyclic) bond motifs is 3. The highest BCUT2D eigenvalue weighted by molar-refractivity contribution is 5.73. The number of pyridine rings is 1. The van der Waals surface area contributed by atoms with Crippen LogP contribution in [0.25, 0.3) is 5.69 Å². The van der Waals surface area contributed by atoms with Crippen molar-refractivity contribution in [3.63, 3.8) is 0 Å². The van der Waals surface area contributed by atoms with Gasteiger partial charge in [-0.3, -0.25) is 9.36 Å². The van der Waals surface area contributed by atoms with Gasteiger partial charge in [0.25, 0.3) is 0 Å². The van der Waals surface area contributed by atoms with Crippen molar-refractivity contribution in [1.29, 1.82) is 0 Å². The van der Waals surface area contributed by atoms with Crippen LogP contribution in [0.3, 0.4) is 0 Å². The van der Waals surface area contributed by atoms with E-state index in [2.05, 4.69) is 24.6 Å². The SMILES string of the molecule is COc1ccc2c(c1)CN(C(C)=O)Cc1nnc(C3CCN(c4ccc(F)cn4)CC3)n1-2. The van der Waals surface area contributed by atoms with E-state index in [0.717, 1.165) is 60.4 Å². The van der Waals surface area contributed by atoms with Gasteiger partial charge in [-0.2, -0.15) is 0 Å². The average Bonchev–Trinajstić information content (AvgIpc) is 3.14. The molecule has 9 heteroatoms. The molecular weight excluding hydrogens is 411 g/mol. The molecule has 2 aliphatic rings. The van der Waals surface area contributed by atoms with E-state index in [0.29, 0.717) is 13.1 Å². The van der Waals surface area contributed by atoms with Gasteiger partial charge in [-0.05, 0) is 48.7 Å². The summed E-state index contributed by atoms with van der Waals surface area (Å²) in [4.78, 5) is 20.4. The smallest absolute Gasteiger partial charge is 0.220 e. The fourth-order valence-corrected chi connectivity index (χ4v) is 4.57. The maximum atomic E-state index is 13.2. The molecule has 32 heavy (non-hydrogen) atoms. The Bertz CT molecular complexity index is 1140. The molecule has 1 aromatic carbocycles. The topological polar surface area (TPSA) is 76.4 Å². The van der Waals surface area contributed by atoms with Crippen LogP contribution >= 0.6 is 0 Å². The van der Waals surface area contributed by atoms with Gasteiger partial charge < -0.3 is 14.5 Å².